The van der Waals surface area contributed by atoms with Crippen molar-refractivity contribution >= 4 is 45.9 Å². The number of carbonyl (C=O) groups is 2. The van der Waals surface area contributed by atoms with Gasteiger partial charge in [-0.25, -0.2) is 4.79 Å². The summed E-state index contributed by atoms with van der Waals surface area (Å²) in [4.78, 5) is 28.3. The highest BCUT2D eigenvalue weighted by Gasteiger charge is 2.29. The van der Waals surface area contributed by atoms with Crippen molar-refractivity contribution in [3.63, 3.8) is 0 Å². The van der Waals surface area contributed by atoms with Crippen LogP contribution in [-0.2, 0) is 22.5 Å². The average Bonchev–Trinajstić information content (AvgIpc) is 3.03. The van der Waals surface area contributed by atoms with E-state index in [2.05, 4.69) is 24.1 Å². The number of ether oxygens (including phenoxy) is 1. The molecule has 28 heavy (non-hydrogen) atoms. The summed E-state index contributed by atoms with van der Waals surface area (Å²) in [6.07, 6.45) is 3.84. The van der Waals surface area contributed by atoms with Gasteiger partial charge in [-0.1, -0.05) is 29.8 Å². The first-order valence-electron chi connectivity index (χ1n) is 9.11. The summed E-state index contributed by atoms with van der Waals surface area (Å²) in [6, 6.07) is 7.71. The highest BCUT2D eigenvalue weighted by molar-refractivity contribution is 7.17. The third-order valence-corrected chi connectivity index (χ3v) is 6.24. The van der Waals surface area contributed by atoms with Crippen LogP contribution in [0.15, 0.2) is 30.3 Å². The summed E-state index contributed by atoms with van der Waals surface area (Å²) < 4.78 is 4.97. The van der Waals surface area contributed by atoms with Gasteiger partial charge in [-0.2, -0.15) is 0 Å². The second kappa shape index (κ2) is 8.90. The molecule has 1 aliphatic rings. The van der Waals surface area contributed by atoms with Crippen LogP contribution in [0.2, 0.25) is 5.02 Å². The molecule has 148 valence electrons. The van der Waals surface area contributed by atoms with Crippen LogP contribution in [0.1, 0.15) is 40.2 Å². The maximum Gasteiger partial charge on any atom is 0.341 e. The molecule has 3 rings (SSSR count). The first-order chi connectivity index (χ1) is 13.4. The van der Waals surface area contributed by atoms with Crippen molar-refractivity contribution in [1.82, 2.24) is 4.90 Å². The third kappa shape index (κ3) is 4.46. The molecule has 0 radical (unpaired) electrons. The Morgan fingerprint density at radius 2 is 2.07 bits per heavy atom. The van der Waals surface area contributed by atoms with Gasteiger partial charge >= 0.3 is 5.97 Å². The Morgan fingerprint density at radius 1 is 1.32 bits per heavy atom. The van der Waals surface area contributed by atoms with Crippen molar-refractivity contribution in [1.29, 1.82) is 0 Å². The fraction of sp³-hybridized carbons (Fsp3) is 0.333. The van der Waals surface area contributed by atoms with Crippen LogP contribution in [0, 0.1) is 0 Å². The molecule has 0 unspecified atom stereocenters. The van der Waals surface area contributed by atoms with Crippen LogP contribution in [0.25, 0.3) is 6.08 Å². The van der Waals surface area contributed by atoms with Crippen molar-refractivity contribution in [3.8, 4) is 0 Å². The van der Waals surface area contributed by atoms with Crippen LogP contribution < -0.4 is 5.32 Å². The molecule has 1 aromatic carbocycles. The lowest BCUT2D eigenvalue weighted by molar-refractivity contribution is -0.111. The Bertz CT molecular complexity index is 920. The maximum absolute atomic E-state index is 12.4. The standard InChI is InChI=1S/C21H23ClN2O3S/c1-13(2)24-11-10-15-17(12-24)28-20(19(15)21(26)27-3)23-18(25)9-8-14-6-4-5-7-16(14)22/h4-9,13H,10-12H2,1-3H3,(H,23,25). The highest BCUT2D eigenvalue weighted by atomic mass is 35.5. The number of halogens is 1. The number of fused-ring (bicyclic) bond motifs is 1. The van der Waals surface area contributed by atoms with Gasteiger partial charge in [0.15, 0.2) is 0 Å². The van der Waals surface area contributed by atoms with E-state index >= 15 is 0 Å². The molecule has 0 atom stereocenters. The molecule has 1 aliphatic heterocycles. The number of hydrogen-bond acceptors (Lipinski definition) is 5. The van der Waals surface area contributed by atoms with E-state index < -0.39 is 5.97 Å². The van der Waals surface area contributed by atoms with E-state index in [-0.39, 0.29) is 5.91 Å². The monoisotopic (exact) mass is 418 g/mol. The number of nitrogens with one attached hydrogen (secondary N) is 1. The molecule has 0 aliphatic carbocycles. The fourth-order valence-electron chi connectivity index (χ4n) is 3.20. The van der Waals surface area contributed by atoms with Gasteiger partial charge in [-0.05, 0) is 43.5 Å². The number of thiophene rings is 1. The first-order valence-corrected chi connectivity index (χ1v) is 10.3. The lowest BCUT2D eigenvalue weighted by Crippen LogP contribution is -2.35. The Balaban J connectivity index is 1.84. The number of benzene rings is 1. The second-order valence-electron chi connectivity index (χ2n) is 6.86. The quantitative estimate of drug-likeness (QED) is 0.569. The lowest BCUT2D eigenvalue weighted by atomic mass is 10.0. The maximum atomic E-state index is 12.4. The normalized spacial score (nSPS) is 14.3. The van der Waals surface area contributed by atoms with E-state index in [1.807, 2.05) is 18.2 Å². The number of anilines is 1. The molecule has 0 bridgehead atoms. The molecule has 2 aromatic rings. The minimum atomic E-state index is -0.416. The van der Waals surface area contributed by atoms with Crippen molar-refractivity contribution in [3.05, 3.63) is 56.9 Å². The molecule has 5 nitrogen and oxygen atoms in total. The summed E-state index contributed by atoms with van der Waals surface area (Å²) in [5.41, 5.74) is 2.22. The van der Waals surface area contributed by atoms with Gasteiger partial charge < -0.3 is 10.1 Å². The van der Waals surface area contributed by atoms with Crippen molar-refractivity contribution in [2.45, 2.75) is 32.9 Å². The van der Waals surface area contributed by atoms with Gasteiger partial charge in [0.05, 0.1) is 12.7 Å². The first kappa shape index (κ1) is 20.6. The molecule has 1 N–H and O–H groups in total. The second-order valence-corrected chi connectivity index (χ2v) is 8.37. The topological polar surface area (TPSA) is 58.6 Å². The van der Waals surface area contributed by atoms with Crippen LogP contribution >= 0.6 is 22.9 Å². The summed E-state index contributed by atoms with van der Waals surface area (Å²) in [5.74, 6) is -0.731. The predicted molar refractivity (Wildman–Crippen MR) is 114 cm³/mol. The lowest BCUT2D eigenvalue weighted by Gasteiger charge is -2.30. The minimum absolute atomic E-state index is 0.315. The number of nitrogens with zero attached hydrogens (tertiary/aromatic N) is 1. The molecule has 1 amide bonds. The van der Waals surface area contributed by atoms with E-state index in [1.165, 1.54) is 24.5 Å². The van der Waals surface area contributed by atoms with E-state index in [4.69, 9.17) is 16.3 Å². The van der Waals surface area contributed by atoms with Gasteiger partial charge in [0.2, 0.25) is 5.91 Å². The van der Waals surface area contributed by atoms with Crippen LogP contribution in [0.4, 0.5) is 5.00 Å². The van der Waals surface area contributed by atoms with Crippen molar-refractivity contribution < 1.29 is 14.3 Å². The zero-order chi connectivity index (χ0) is 20.3. The Morgan fingerprint density at radius 3 is 2.75 bits per heavy atom. The smallest absolute Gasteiger partial charge is 0.341 e. The molecule has 0 spiro atoms. The zero-order valence-corrected chi connectivity index (χ0v) is 17.7. The predicted octanol–water partition coefficient (Wildman–Crippen LogP) is 4.61. The minimum Gasteiger partial charge on any atom is -0.465 e. The van der Waals surface area contributed by atoms with E-state index in [1.54, 1.807) is 12.1 Å². The van der Waals surface area contributed by atoms with Crippen molar-refractivity contribution in [2.24, 2.45) is 0 Å². The molecule has 2 heterocycles. The summed E-state index contributed by atoms with van der Waals surface area (Å²) in [6.45, 7) is 5.96. The van der Waals surface area contributed by atoms with Crippen LogP contribution in [0.5, 0.6) is 0 Å². The van der Waals surface area contributed by atoms with Crippen LogP contribution in [-0.4, -0.2) is 36.5 Å². The Kier molecular flexibility index (Phi) is 6.54. The molecule has 0 saturated heterocycles. The summed E-state index contributed by atoms with van der Waals surface area (Å²) in [5, 5.41) is 3.96. The fourth-order valence-corrected chi connectivity index (χ4v) is 4.66. The molecular formula is C21H23ClN2O3S. The van der Waals surface area contributed by atoms with E-state index in [9.17, 15) is 9.59 Å². The van der Waals surface area contributed by atoms with E-state index in [0.717, 1.165) is 35.5 Å². The molecule has 1 aromatic heterocycles. The van der Waals surface area contributed by atoms with E-state index in [0.29, 0.717) is 21.6 Å². The number of hydrogen-bond donors (Lipinski definition) is 1. The number of amides is 1. The highest BCUT2D eigenvalue weighted by Crippen LogP contribution is 2.38. The number of methoxy groups -OCH3 is 1. The average molecular weight is 419 g/mol. The molecule has 0 fully saturated rings. The summed E-state index contributed by atoms with van der Waals surface area (Å²) in [7, 11) is 1.36. The molecule has 0 saturated carbocycles. The van der Waals surface area contributed by atoms with Gasteiger partial charge in [0, 0.05) is 35.1 Å². The third-order valence-electron chi connectivity index (χ3n) is 4.76. The largest absolute Gasteiger partial charge is 0.465 e. The van der Waals surface area contributed by atoms with Gasteiger partial charge in [0.25, 0.3) is 0 Å². The number of esters is 1. The zero-order valence-electron chi connectivity index (χ0n) is 16.1. The van der Waals surface area contributed by atoms with Gasteiger partial charge in [-0.3, -0.25) is 9.69 Å². The van der Waals surface area contributed by atoms with Crippen molar-refractivity contribution in [2.75, 3.05) is 19.0 Å². The van der Waals surface area contributed by atoms with Gasteiger partial charge in [0.1, 0.15) is 5.00 Å². The Labute approximate surface area is 173 Å². The number of rotatable bonds is 5. The SMILES string of the molecule is COC(=O)c1c(NC(=O)C=Cc2ccccc2Cl)sc2c1CCN(C(C)C)C2. The Hall–Kier alpha value is -2.15. The van der Waals surface area contributed by atoms with Gasteiger partial charge in [-0.15, -0.1) is 11.3 Å². The number of carbonyl (C=O) groups excluding carboxylic acids is 2. The molecular weight excluding hydrogens is 396 g/mol. The van der Waals surface area contributed by atoms with Crippen LogP contribution in [0.3, 0.4) is 0 Å². The summed E-state index contributed by atoms with van der Waals surface area (Å²) >= 11 is 7.56. The molecule has 7 heteroatoms.